The Morgan fingerprint density at radius 2 is 1.78 bits per heavy atom. The number of nitrogens with zero attached hydrogens (tertiary/aromatic N) is 3. The Morgan fingerprint density at radius 3 is 2.37 bits per heavy atom. The Morgan fingerprint density at radius 1 is 1.11 bits per heavy atom. The second kappa shape index (κ2) is 6.19. The van der Waals surface area contributed by atoms with Crippen LogP contribution in [0.5, 0.6) is 5.75 Å². The van der Waals surface area contributed by atoms with Gasteiger partial charge in [0.1, 0.15) is 11.6 Å². The van der Waals surface area contributed by atoms with Crippen molar-refractivity contribution in [3.8, 4) is 5.75 Å². The lowest BCUT2D eigenvalue weighted by molar-refractivity contribution is -0.274. The molecule has 1 aromatic heterocycles. The minimum atomic E-state index is -4.75. The number of hydrogen-bond donors (Lipinski definition) is 0. The minimum Gasteiger partial charge on any atom is -0.406 e. The molecule has 0 N–H and O–H groups in total. The van der Waals surface area contributed by atoms with Crippen molar-refractivity contribution in [1.29, 1.82) is 0 Å². The molecule has 1 aliphatic carbocycles. The first-order valence-corrected chi connectivity index (χ1v) is 8.54. The number of alkyl halides is 5. The Hall–Kier alpha value is -2.16. The van der Waals surface area contributed by atoms with E-state index >= 15 is 0 Å². The fourth-order valence-electron chi connectivity index (χ4n) is 3.56. The molecule has 1 unspecified atom stereocenters. The van der Waals surface area contributed by atoms with Crippen LogP contribution in [0.4, 0.5) is 27.8 Å². The van der Waals surface area contributed by atoms with Crippen LogP contribution in [0.1, 0.15) is 29.2 Å². The Balaban J connectivity index is 1.61. The average molecular weight is 406 g/mol. The van der Waals surface area contributed by atoms with Crippen LogP contribution in [-0.2, 0) is 6.42 Å². The predicted octanol–water partition coefficient (Wildman–Crippen LogP) is 4.56. The fourth-order valence-corrected chi connectivity index (χ4v) is 3.74. The largest absolute Gasteiger partial charge is 0.573 e. The lowest BCUT2D eigenvalue weighted by Crippen LogP contribution is -2.57. The summed E-state index contributed by atoms with van der Waals surface area (Å²) in [4.78, 5) is 9.84. The van der Waals surface area contributed by atoms with Crippen molar-refractivity contribution in [2.75, 3.05) is 18.0 Å². The molecular weight excluding hydrogens is 393 g/mol. The summed E-state index contributed by atoms with van der Waals surface area (Å²) in [6, 6.07) is 5.55. The van der Waals surface area contributed by atoms with Crippen molar-refractivity contribution in [1.82, 2.24) is 9.97 Å². The molecule has 1 saturated heterocycles. The maximum Gasteiger partial charge on any atom is 0.573 e. The van der Waals surface area contributed by atoms with Gasteiger partial charge in [0.15, 0.2) is 0 Å². The summed E-state index contributed by atoms with van der Waals surface area (Å²) in [5, 5.41) is -0.0390. The molecule has 1 fully saturated rings. The van der Waals surface area contributed by atoms with Crippen LogP contribution in [0.25, 0.3) is 0 Å². The van der Waals surface area contributed by atoms with Crippen LogP contribution in [0.2, 0.25) is 5.28 Å². The van der Waals surface area contributed by atoms with E-state index in [1.165, 1.54) is 29.2 Å². The zero-order valence-electron chi connectivity index (χ0n) is 13.7. The van der Waals surface area contributed by atoms with Gasteiger partial charge in [-0.1, -0.05) is 12.1 Å². The summed E-state index contributed by atoms with van der Waals surface area (Å²) < 4.78 is 67.2. The molecule has 1 atom stereocenters. The molecular formula is C17H13ClF5N3O. The van der Waals surface area contributed by atoms with Crippen LogP contribution < -0.4 is 9.64 Å². The molecule has 4 rings (SSSR count). The summed E-state index contributed by atoms with van der Waals surface area (Å²) in [5.74, 6) is -2.83. The second-order valence-electron chi connectivity index (χ2n) is 6.60. The predicted molar refractivity (Wildman–Crippen MR) is 87.5 cm³/mol. The number of halogens is 6. The molecule has 4 nitrogen and oxygen atoms in total. The van der Waals surface area contributed by atoms with Gasteiger partial charge in [0.25, 0.3) is 5.92 Å². The average Bonchev–Trinajstić information content (AvgIpc) is 2.94. The number of aromatic nitrogens is 2. The van der Waals surface area contributed by atoms with Gasteiger partial charge < -0.3 is 9.64 Å². The fraction of sp³-hybridized carbons (Fsp3) is 0.412. The summed E-state index contributed by atoms with van der Waals surface area (Å²) in [7, 11) is 0. The molecule has 2 aromatic rings. The SMILES string of the molecule is FC1(F)CN(c2nc(Cl)nc3c2CCC3c2ccc(OC(F)(F)F)cc2)C1. The van der Waals surface area contributed by atoms with E-state index in [0.717, 1.165) is 11.1 Å². The first-order valence-electron chi connectivity index (χ1n) is 8.16. The van der Waals surface area contributed by atoms with E-state index in [0.29, 0.717) is 24.4 Å². The molecule has 10 heteroatoms. The molecule has 144 valence electrons. The summed E-state index contributed by atoms with van der Waals surface area (Å²) >= 11 is 5.99. The van der Waals surface area contributed by atoms with Gasteiger partial charge in [-0.25, -0.2) is 18.7 Å². The van der Waals surface area contributed by atoms with Crippen molar-refractivity contribution in [3.05, 3.63) is 46.4 Å². The number of fused-ring (bicyclic) bond motifs is 1. The van der Waals surface area contributed by atoms with Crippen LogP contribution >= 0.6 is 11.6 Å². The zero-order chi connectivity index (χ0) is 19.4. The maximum atomic E-state index is 13.2. The van der Waals surface area contributed by atoms with Gasteiger partial charge in [0.2, 0.25) is 5.28 Å². The first kappa shape index (κ1) is 18.2. The molecule has 27 heavy (non-hydrogen) atoms. The number of rotatable bonds is 3. The van der Waals surface area contributed by atoms with Gasteiger partial charge in [0.05, 0.1) is 18.8 Å². The van der Waals surface area contributed by atoms with Gasteiger partial charge in [-0.2, -0.15) is 0 Å². The van der Waals surface area contributed by atoms with Gasteiger partial charge in [-0.05, 0) is 42.1 Å². The van der Waals surface area contributed by atoms with E-state index in [1.807, 2.05) is 0 Å². The zero-order valence-corrected chi connectivity index (χ0v) is 14.5. The normalized spacial score (nSPS) is 21.0. The molecule has 1 aliphatic heterocycles. The van der Waals surface area contributed by atoms with E-state index in [4.69, 9.17) is 11.6 Å². The Labute approximate surface area is 155 Å². The molecule has 2 heterocycles. The van der Waals surface area contributed by atoms with Gasteiger partial charge in [-0.3, -0.25) is 0 Å². The summed E-state index contributed by atoms with van der Waals surface area (Å²) in [5.41, 5.74) is 2.14. The van der Waals surface area contributed by atoms with Gasteiger partial charge in [0, 0.05) is 11.5 Å². The van der Waals surface area contributed by atoms with E-state index in [9.17, 15) is 22.0 Å². The van der Waals surface area contributed by atoms with E-state index in [-0.39, 0.29) is 17.0 Å². The number of benzene rings is 1. The first-order chi connectivity index (χ1) is 12.6. The lowest BCUT2D eigenvalue weighted by atomic mass is 9.96. The second-order valence-corrected chi connectivity index (χ2v) is 6.94. The van der Waals surface area contributed by atoms with Crippen molar-refractivity contribution in [2.45, 2.75) is 31.0 Å². The summed E-state index contributed by atoms with van der Waals surface area (Å²) in [6.45, 7) is -0.831. The molecule has 2 aliphatic rings. The minimum absolute atomic E-state index is 0.0390. The topological polar surface area (TPSA) is 38.2 Å². The highest BCUT2D eigenvalue weighted by atomic mass is 35.5. The number of anilines is 1. The highest BCUT2D eigenvalue weighted by molar-refractivity contribution is 6.28. The molecule has 0 radical (unpaired) electrons. The third-order valence-corrected chi connectivity index (χ3v) is 4.83. The highest BCUT2D eigenvalue weighted by Gasteiger charge is 2.46. The van der Waals surface area contributed by atoms with E-state index in [2.05, 4.69) is 14.7 Å². The van der Waals surface area contributed by atoms with E-state index in [1.54, 1.807) is 0 Å². The van der Waals surface area contributed by atoms with Crippen molar-refractivity contribution in [2.24, 2.45) is 0 Å². The standard InChI is InChI=1S/C17H13ClF5N3O/c18-15-24-13-11(9-1-3-10(4-2-9)27-17(21,22)23)5-6-12(13)14(25-15)26-7-16(19,20)8-26/h1-4,11H,5-8H2. The quantitative estimate of drug-likeness (QED) is 0.554. The van der Waals surface area contributed by atoms with Crippen LogP contribution in [0, 0.1) is 0 Å². The highest BCUT2D eigenvalue weighted by Crippen LogP contribution is 2.43. The molecule has 0 spiro atoms. The van der Waals surface area contributed by atoms with Crippen LogP contribution in [0.15, 0.2) is 24.3 Å². The molecule has 0 amide bonds. The Bertz CT molecular complexity index is 864. The third kappa shape index (κ3) is 3.65. The molecule has 1 aromatic carbocycles. The third-order valence-electron chi connectivity index (χ3n) is 4.66. The van der Waals surface area contributed by atoms with Gasteiger partial charge in [-0.15, -0.1) is 13.2 Å². The smallest absolute Gasteiger partial charge is 0.406 e. The van der Waals surface area contributed by atoms with Crippen molar-refractivity contribution < 1.29 is 26.7 Å². The van der Waals surface area contributed by atoms with Crippen molar-refractivity contribution in [3.63, 3.8) is 0 Å². The number of ether oxygens (including phenoxy) is 1. The van der Waals surface area contributed by atoms with E-state index < -0.39 is 25.4 Å². The maximum absolute atomic E-state index is 13.2. The van der Waals surface area contributed by atoms with Gasteiger partial charge >= 0.3 is 6.36 Å². The monoisotopic (exact) mass is 405 g/mol. The van der Waals surface area contributed by atoms with Crippen LogP contribution in [0.3, 0.4) is 0 Å². The molecule has 0 bridgehead atoms. The Kier molecular flexibility index (Phi) is 4.17. The van der Waals surface area contributed by atoms with Crippen molar-refractivity contribution >= 4 is 17.4 Å². The van der Waals surface area contributed by atoms with Crippen LogP contribution in [-0.4, -0.2) is 35.3 Å². The lowest BCUT2D eigenvalue weighted by Gasteiger charge is -2.40. The molecule has 0 saturated carbocycles. The summed E-state index contributed by atoms with van der Waals surface area (Å²) in [6.07, 6.45) is -3.53. The number of hydrogen-bond acceptors (Lipinski definition) is 4.